The van der Waals surface area contributed by atoms with E-state index in [0.717, 1.165) is 0 Å². The van der Waals surface area contributed by atoms with Crippen LogP contribution in [0.2, 0.25) is 0 Å². The number of nitrogens with zero attached hydrogens (tertiary/aromatic N) is 3. The third-order valence-corrected chi connectivity index (χ3v) is 3.13. The Morgan fingerprint density at radius 2 is 2.26 bits per heavy atom. The van der Waals surface area contributed by atoms with Crippen molar-refractivity contribution < 1.29 is 19.4 Å². The molecule has 0 radical (unpaired) electrons. The summed E-state index contributed by atoms with van der Waals surface area (Å²) in [6.45, 7) is 2.84. The van der Waals surface area contributed by atoms with Crippen LogP contribution in [0.15, 0.2) is 36.9 Å². The van der Waals surface area contributed by atoms with Crippen LogP contribution in [0.5, 0.6) is 5.75 Å². The summed E-state index contributed by atoms with van der Waals surface area (Å²) >= 11 is 0. The van der Waals surface area contributed by atoms with E-state index in [1.165, 1.54) is 18.5 Å². The molecule has 23 heavy (non-hydrogen) atoms. The van der Waals surface area contributed by atoms with Gasteiger partial charge in [0.25, 0.3) is 0 Å². The van der Waals surface area contributed by atoms with Crippen LogP contribution in [0, 0.1) is 5.92 Å². The van der Waals surface area contributed by atoms with Crippen LogP contribution in [-0.4, -0.2) is 44.9 Å². The number of aromatic carboxylic acids is 1. The smallest absolute Gasteiger partial charge is 0.335 e. The molecule has 1 unspecified atom stereocenters. The fourth-order valence-corrected chi connectivity index (χ4v) is 1.93. The van der Waals surface area contributed by atoms with Crippen molar-refractivity contribution in [3.05, 3.63) is 42.5 Å². The Kier molecular flexibility index (Phi) is 5.67. The first kappa shape index (κ1) is 16.5. The highest BCUT2D eigenvalue weighted by molar-refractivity contribution is 5.88. The van der Waals surface area contributed by atoms with Gasteiger partial charge in [-0.1, -0.05) is 13.0 Å². The molecule has 1 amide bonds. The molecule has 1 atom stereocenters. The van der Waals surface area contributed by atoms with Crippen molar-refractivity contribution in [3.8, 4) is 5.75 Å². The molecule has 0 bridgehead atoms. The van der Waals surface area contributed by atoms with E-state index >= 15 is 0 Å². The first-order valence-corrected chi connectivity index (χ1v) is 7.12. The molecule has 0 saturated carbocycles. The summed E-state index contributed by atoms with van der Waals surface area (Å²) in [7, 11) is 0. The topological polar surface area (TPSA) is 106 Å². The van der Waals surface area contributed by atoms with E-state index in [2.05, 4.69) is 15.4 Å². The third kappa shape index (κ3) is 5.10. The molecule has 0 aliphatic heterocycles. The number of carboxylic acids is 1. The highest BCUT2D eigenvalue weighted by Gasteiger charge is 2.13. The van der Waals surface area contributed by atoms with Gasteiger partial charge in [-0.15, -0.1) is 0 Å². The van der Waals surface area contributed by atoms with E-state index in [1.54, 1.807) is 30.1 Å². The first-order valence-electron chi connectivity index (χ1n) is 7.12. The van der Waals surface area contributed by atoms with Gasteiger partial charge < -0.3 is 15.2 Å². The molecule has 1 aromatic heterocycles. The fraction of sp³-hybridized carbons (Fsp3) is 0.333. The zero-order chi connectivity index (χ0) is 16.7. The van der Waals surface area contributed by atoms with Crippen molar-refractivity contribution in [1.29, 1.82) is 0 Å². The van der Waals surface area contributed by atoms with E-state index in [9.17, 15) is 9.59 Å². The molecular weight excluding hydrogens is 300 g/mol. The number of hydrogen-bond acceptors (Lipinski definition) is 5. The maximum Gasteiger partial charge on any atom is 0.335 e. The average Bonchev–Trinajstić information content (AvgIpc) is 3.04. The molecule has 2 rings (SSSR count). The monoisotopic (exact) mass is 318 g/mol. The largest absolute Gasteiger partial charge is 0.492 e. The number of amides is 1. The van der Waals surface area contributed by atoms with Gasteiger partial charge in [0.05, 0.1) is 24.6 Å². The molecule has 0 aliphatic rings. The normalized spacial score (nSPS) is 11.7. The third-order valence-electron chi connectivity index (χ3n) is 3.13. The quantitative estimate of drug-likeness (QED) is 0.698. The molecule has 0 saturated heterocycles. The second-order valence-electron chi connectivity index (χ2n) is 4.99. The van der Waals surface area contributed by atoms with Crippen LogP contribution in [0.3, 0.4) is 0 Å². The predicted molar refractivity (Wildman–Crippen MR) is 81.1 cm³/mol. The van der Waals surface area contributed by atoms with Gasteiger partial charge in [-0.05, 0) is 18.2 Å². The van der Waals surface area contributed by atoms with Gasteiger partial charge in [-0.3, -0.25) is 9.48 Å². The second kappa shape index (κ2) is 7.92. The van der Waals surface area contributed by atoms with Crippen LogP contribution in [0.4, 0.5) is 0 Å². The predicted octanol–water partition coefficient (Wildman–Crippen LogP) is 0.808. The zero-order valence-electron chi connectivity index (χ0n) is 12.7. The van der Waals surface area contributed by atoms with E-state index in [1.807, 2.05) is 0 Å². The Labute approximate surface area is 133 Å². The molecule has 1 aromatic carbocycles. The molecular formula is C15H18N4O4. The van der Waals surface area contributed by atoms with Crippen molar-refractivity contribution in [2.24, 2.45) is 5.92 Å². The Morgan fingerprint density at radius 1 is 1.43 bits per heavy atom. The van der Waals surface area contributed by atoms with Crippen molar-refractivity contribution >= 4 is 11.9 Å². The van der Waals surface area contributed by atoms with Crippen molar-refractivity contribution in [3.63, 3.8) is 0 Å². The molecule has 1 heterocycles. The number of aromatic nitrogens is 3. The molecule has 0 spiro atoms. The number of hydrogen-bond donors (Lipinski definition) is 2. The Morgan fingerprint density at radius 3 is 2.96 bits per heavy atom. The minimum atomic E-state index is -1.01. The number of benzene rings is 1. The fourth-order valence-electron chi connectivity index (χ4n) is 1.93. The number of carboxylic acid groups (broad SMARTS) is 1. The standard InChI is InChI=1S/C15H18N4O4/c1-11(8-19-10-16-9-18-19)14(20)17-5-6-23-13-4-2-3-12(7-13)15(21)22/h2-4,7,9-11H,5-6,8H2,1H3,(H,17,20)(H,21,22). The van der Waals surface area contributed by atoms with Gasteiger partial charge in [0.1, 0.15) is 25.0 Å². The van der Waals surface area contributed by atoms with Crippen molar-refractivity contribution in [2.75, 3.05) is 13.2 Å². The maximum atomic E-state index is 11.9. The molecule has 0 fully saturated rings. The molecule has 8 heteroatoms. The van der Waals surface area contributed by atoms with Crippen molar-refractivity contribution in [1.82, 2.24) is 20.1 Å². The summed E-state index contributed by atoms with van der Waals surface area (Å²) in [6.07, 6.45) is 2.98. The lowest BCUT2D eigenvalue weighted by Gasteiger charge is -2.12. The summed E-state index contributed by atoms with van der Waals surface area (Å²) in [5, 5.41) is 15.6. The average molecular weight is 318 g/mol. The van der Waals surface area contributed by atoms with Crippen LogP contribution in [-0.2, 0) is 11.3 Å². The number of rotatable bonds is 8. The number of nitrogens with one attached hydrogen (secondary N) is 1. The van der Waals surface area contributed by atoms with Gasteiger partial charge in [-0.25, -0.2) is 9.78 Å². The molecule has 8 nitrogen and oxygen atoms in total. The van der Waals surface area contributed by atoms with E-state index in [0.29, 0.717) is 18.8 Å². The van der Waals surface area contributed by atoms with Crippen LogP contribution < -0.4 is 10.1 Å². The van der Waals surface area contributed by atoms with Gasteiger partial charge >= 0.3 is 5.97 Å². The van der Waals surface area contributed by atoms with Gasteiger partial charge in [0.2, 0.25) is 5.91 Å². The summed E-state index contributed by atoms with van der Waals surface area (Å²) in [5.41, 5.74) is 0.160. The minimum Gasteiger partial charge on any atom is -0.492 e. The summed E-state index contributed by atoms with van der Waals surface area (Å²) < 4.78 is 7.02. The second-order valence-corrected chi connectivity index (χ2v) is 4.99. The van der Waals surface area contributed by atoms with E-state index in [4.69, 9.17) is 9.84 Å². The Balaban J connectivity index is 1.71. The van der Waals surface area contributed by atoms with Crippen molar-refractivity contribution in [2.45, 2.75) is 13.5 Å². The molecule has 122 valence electrons. The lowest BCUT2D eigenvalue weighted by Crippen LogP contribution is -2.34. The summed E-state index contributed by atoms with van der Waals surface area (Å²) in [4.78, 5) is 26.6. The minimum absolute atomic E-state index is 0.108. The van der Waals surface area contributed by atoms with Gasteiger partial charge in [0, 0.05) is 0 Å². The summed E-state index contributed by atoms with van der Waals surface area (Å²) in [6, 6.07) is 6.21. The summed E-state index contributed by atoms with van der Waals surface area (Å²) in [5.74, 6) is -0.907. The maximum absolute atomic E-state index is 11.9. The highest BCUT2D eigenvalue weighted by Crippen LogP contribution is 2.12. The Bertz CT molecular complexity index is 657. The molecule has 0 aliphatic carbocycles. The number of ether oxygens (including phenoxy) is 1. The highest BCUT2D eigenvalue weighted by atomic mass is 16.5. The molecule has 2 N–H and O–H groups in total. The number of carbonyl (C=O) groups is 2. The lowest BCUT2D eigenvalue weighted by atomic mass is 10.1. The first-order chi connectivity index (χ1) is 11.1. The van der Waals surface area contributed by atoms with Crippen LogP contribution in [0.1, 0.15) is 17.3 Å². The number of carbonyl (C=O) groups excluding carboxylic acids is 1. The van der Waals surface area contributed by atoms with Gasteiger partial charge in [-0.2, -0.15) is 5.10 Å². The lowest BCUT2D eigenvalue weighted by molar-refractivity contribution is -0.125. The van der Waals surface area contributed by atoms with Gasteiger partial charge in [0.15, 0.2) is 0 Å². The SMILES string of the molecule is CC(Cn1cncn1)C(=O)NCCOc1cccc(C(=O)O)c1. The zero-order valence-corrected chi connectivity index (χ0v) is 12.7. The van der Waals surface area contributed by atoms with Crippen LogP contribution >= 0.6 is 0 Å². The van der Waals surface area contributed by atoms with E-state index < -0.39 is 5.97 Å². The van der Waals surface area contributed by atoms with E-state index in [-0.39, 0.29) is 24.0 Å². The molecule has 2 aromatic rings. The van der Waals surface area contributed by atoms with Crippen LogP contribution in [0.25, 0.3) is 0 Å². The Hall–Kier alpha value is -2.90.